The predicted octanol–water partition coefficient (Wildman–Crippen LogP) is 5.20. The Morgan fingerprint density at radius 1 is 1.14 bits per heavy atom. The predicted molar refractivity (Wildman–Crippen MR) is 95.0 cm³/mol. The molecule has 126 valence electrons. The summed E-state index contributed by atoms with van der Waals surface area (Å²) in [5.74, 6) is 0.467. The van der Waals surface area contributed by atoms with Crippen LogP contribution in [0.4, 0.5) is 0 Å². The van der Waals surface area contributed by atoms with E-state index in [0.29, 0.717) is 0 Å². The van der Waals surface area contributed by atoms with Crippen molar-refractivity contribution in [3.8, 4) is 5.75 Å². The molecule has 0 unspecified atom stereocenters. The molecule has 1 aromatic carbocycles. The Kier molecular flexibility index (Phi) is 9.99. The van der Waals surface area contributed by atoms with Gasteiger partial charge in [0, 0.05) is 4.90 Å². The van der Waals surface area contributed by atoms with E-state index in [1.54, 1.807) is 0 Å². The molecule has 0 radical (unpaired) electrons. The second-order valence-corrected chi connectivity index (χ2v) is 5.26. The van der Waals surface area contributed by atoms with Crippen LogP contribution in [-0.2, 0) is 9.53 Å². The number of methoxy groups -OCH3 is 1. The average molecular weight is 327 g/mol. The zero-order chi connectivity index (χ0) is 17.2. The summed E-state index contributed by atoms with van der Waals surface area (Å²) in [6.45, 7) is 9.95. The van der Waals surface area contributed by atoms with Crippen LogP contribution in [0.1, 0.15) is 58.9 Å². The third kappa shape index (κ3) is 5.24. The normalized spacial score (nSPS) is 14.9. The van der Waals surface area contributed by atoms with Crippen molar-refractivity contribution in [3.05, 3.63) is 23.8 Å². The third-order valence-corrected chi connectivity index (χ3v) is 3.71. The van der Waals surface area contributed by atoms with Crippen molar-refractivity contribution in [2.24, 2.45) is 0 Å². The third-order valence-electron chi connectivity index (χ3n) is 3.43. The Balaban J connectivity index is 0.00000102. The maximum atomic E-state index is 12.0. The van der Waals surface area contributed by atoms with Gasteiger partial charge in [0.2, 0.25) is 5.60 Å². The van der Waals surface area contributed by atoms with Gasteiger partial charge in [-0.25, -0.2) is 4.79 Å². The van der Waals surface area contributed by atoms with Gasteiger partial charge in [-0.3, -0.25) is 0 Å². The molecular weight excluding hydrogens is 296 g/mol. The van der Waals surface area contributed by atoms with E-state index < -0.39 is 5.60 Å². The van der Waals surface area contributed by atoms with Crippen molar-refractivity contribution < 1.29 is 14.3 Å². The summed E-state index contributed by atoms with van der Waals surface area (Å²) in [5, 5.41) is 0. The van der Waals surface area contributed by atoms with Crippen LogP contribution in [0.2, 0.25) is 0 Å². The molecule has 4 heteroatoms. The fourth-order valence-corrected chi connectivity index (χ4v) is 2.71. The minimum atomic E-state index is -0.794. The first-order chi connectivity index (χ1) is 10.6. The zero-order valence-corrected chi connectivity index (χ0v) is 15.6. The van der Waals surface area contributed by atoms with E-state index in [9.17, 15) is 4.79 Å². The lowest BCUT2D eigenvalue weighted by Crippen LogP contribution is -2.42. The van der Waals surface area contributed by atoms with Gasteiger partial charge in [0.15, 0.2) is 0 Å². The van der Waals surface area contributed by atoms with Crippen LogP contribution in [-0.4, -0.2) is 18.7 Å². The molecule has 0 saturated heterocycles. The van der Waals surface area contributed by atoms with Gasteiger partial charge in [-0.15, -0.1) is 12.6 Å². The standard InChI is InChI=1S/C14H18O3S.2C2H6/c1-10-9-11(18)5-6-12(10)17-14(13(15)16-2)7-3-4-8-14;2*1-2/h5-6,9,18H,3-4,7-8H2,1-2H3;2*1-2H3. The van der Waals surface area contributed by atoms with Gasteiger partial charge < -0.3 is 9.47 Å². The molecule has 0 amide bonds. The fraction of sp³-hybridized carbons (Fsp3) is 0.611. The largest absolute Gasteiger partial charge is 0.475 e. The number of benzene rings is 1. The van der Waals surface area contributed by atoms with Crippen molar-refractivity contribution in [2.45, 2.75) is 70.8 Å². The molecule has 3 nitrogen and oxygen atoms in total. The number of hydrogen-bond donors (Lipinski definition) is 1. The molecule has 0 aromatic heterocycles. The Bertz CT molecular complexity index is 452. The number of ether oxygens (including phenoxy) is 2. The lowest BCUT2D eigenvalue weighted by atomic mass is 10.0. The number of hydrogen-bond acceptors (Lipinski definition) is 4. The highest BCUT2D eigenvalue weighted by atomic mass is 32.1. The van der Waals surface area contributed by atoms with E-state index in [1.165, 1.54) is 7.11 Å². The Labute approximate surface area is 140 Å². The maximum absolute atomic E-state index is 12.0. The van der Waals surface area contributed by atoms with Crippen LogP contribution < -0.4 is 4.74 Å². The van der Waals surface area contributed by atoms with E-state index in [0.717, 1.165) is 41.9 Å². The van der Waals surface area contributed by atoms with Crippen molar-refractivity contribution in [3.63, 3.8) is 0 Å². The van der Waals surface area contributed by atoms with Gasteiger partial charge in [0.25, 0.3) is 0 Å². The van der Waals surface area contributed by atoms with Gasteiger partial charge in [-0.1, -0.05) is 27.7 Å². The lowest BCUT2D eigenvalue weighted by Gasteiger charge is -2.28. The molecule has 0 N–H and O–H groups in total. The molecule has 0 bridgehead atoms. The zero-order valence-electron chi connectivity index (χ0n) is 14.7. The van der Waals surface area contributed by atoms with Crippen molar-refractivity contribution in [1.29, 1.82) is 0 Å². The van der Waals surface area contributed by atoms with Crippen LogP contribution in [0.15, 0.2) is 23.1 Å². The molecule has 0 aliphatic heterocycles. The second kappa shape index (κ2) is 10.5. The first kappa shape index (κ1) is 20.8. The lowest BCUT2D eigenvalue weighted by molar-refractivity contribution is -0.158. The maximum Gasteiger partial charge on any atom is 0.350 e. The van der Waals surface area contributed by atoms with Crippen LogP contribution in [0, 0.1) is 6.92 Å². The van der Waals surface area contributed by atoms with Crippen LogP contribution >= 0.6 is 12.6 Å². The van der Waals surface area contributed by atoms with Crippen molar-refractivity contribution in [1.82, 2.24) is 0 Å². The fourth-order valence-electron chi connectivity index (χ4n) is 2.44. The highest BCUT2D eigenvalue weighted by Crippen LogP contribution is 2.36. The van der Waals surface area contributed by atoms with Crippen LogP contribution in [0.5, 0.6) is 5.75 Å². The highest BCUT2D eigenvalue weighted by Gasteiger charge is 2.45. The monoisotopic (exact) mass is 326 g/mol. The van der Waals surface area contributed by atoms with Gasteiger partial charge >= 0.3 is 5.97 Å². The topological polar surface area (TPSA) is 35.5 Å². The van der Waals surface area contributed by atoms with E-state index in [2.05, 4.69) is 12.6 Å². The van der Waals surface area contributed by atoms with E-state index in [-0.39, 0.29) is 5.97 Å². The van der Waals surface area contributed by atoms with Gasteiger partial charge in [-0.05, 0) is 56.4 Å². The summed E-state index contributed by atoms with van der Waals surface area (Å²) in [5.41, 5.74) is 0.190. The van der Waals surface area contributed by atoms with Crippen LogP contribution in [0.3, 0.4) is 0 Å². The SMILES string of the molecule is CC.CC.COC(=O)C1(Oc2ccc(S)cc2C)CCCC1. The minimum Gasteiger partial charge on any atom is -0.475 e. The molecule has 1 aromatic rings. The molecule has 1 aliphatic rings. The number of carbonyl (C=O) groups is 1. The number of rotatable bonds is 3. The van der Waals surface area contributed by atoms with Crippen molar-refractivity contribution >= 4 is 18.6 Å². The Morgan fingerprint density at radius 3 is 2.14 bits per heavy atom. The summed E-state index contributed by atoms with van der Waals surface area (Å²) < 4.78 is 10.9. The molecule has 0 atom stereocenters. The molecule has 0 spiro atoms. The van der Waals surface area contributed by atoms with E-state index >= 15 is 0 Å². The molecule has 1 fully saturated rings. The summed E-state index contributed by atoms with van der Waals surface area (Å²) in [4.78, 5) is 12.8. The Morgan fingerprint density at radius 2 is 1.68 bits per heavy atom. The first-order valence-corrected chi connectivity index (χ1v) is 8.59. The summed E-state index contributed by atoms with van der Waals surface area (Å²) >= 11 is 4.28. The minimum absolute atomic E-state index is 0.269. The first-order valence-electron chi connectivity index (χ1n) is 8.14. The molecule has 1 aliphatic carbocycles. The molecule has 22 heavy (non-hydrogen) atoms. The number of esters is 1. The quantitative estimate of drug-likeness (QED) is 0.612. The van der Waals surface area contributed by atoms with Crippen LogP contribution in [0.25, 0.3) is 0 Å². The number of aryl methyl sites for hydroxylation is 1. The Hall–Kier alpha value is -1.16. The number of thiol groups is 1. The summed E-state index contributed by atoms with van der Waals surface area (Å²) in [6, 6.07) is 5.66. The molecular formula is C18H30O3S. The average Bonchev–Trinajstić information content (AvgIpc) is 3.03. The van der Waals surface area contributed by atoms with Crippen molar-refractivity contribution in [2.75, 3.05) is 7.11 Å². The van der Waals surface area contributed by atoms with Gasteiger partial charge in [0.1, 0.15) is 5.75 Å². The molecule has 0 heterocycles. The summed E-state index contributed by atoms with van der Waals surface area (Å²) in [7, 11) is 1.41. The van der Waals surface area contributed by atoms with E-state index in [4.69, 9.17) is 9.47 Å². The molecule has 1 saturated carbocycles. The summed E-state index contributed by atoms with van der Waals surface area (Å²) in [6.07, 6.45) is 3.45. The molecule has 2 rings (SSSR count). The smallest absolute Gasteiger partial charge is 0.350 e. The second-order valence-electron chi connectivity index (χ2n) is 4.74. The number of carbonyl (C=O) groups excluding carboxylic acids is 1. The van der Waals surface area contributed by atoms with Gasteiger partial charge in [-0.2, -0.15) is 0 Å². The highest BCUT2D eigenvalue weighted by molar-refractivity contribution is 7.80. The van der Waals surface area contributed by atoms with E-state index in [1.807, 2.05) is 52.8 Å². The van der Waals surface area contributed by atoms with Gasteiger partial charge in [0.05, 0.1) is 7.11 Å².